The van der Waals surface area contributed by atoms with Crippen molar-refractivity contribution >= 4 is 5.97 Å². The van der Waals surface area contributed by atoms with Gasteiger partial charge >= 0.3 is 5.97 Å². The van der Waals surface area contributed by atoms with Crippen LogP contribution in [-0.2, 0) is 9.53 Å². The number of hydrogen-bond donors (Lipinski definition) is 0. The van der Waals surface area contributed by atoms with E-state index in [9.17, 15) is 4.79 Å². The standard InChI is InChI=1S/C11H18O2/c1-3-13-11(12)9(2)7-8-10-5-4-6-10/h10H,2-8H2,1H3. The Labute approximate surface area is 80.0 Å². The third-order valence-corrected chi connectivity index (χ3v) is 2.64. The van der Waals surface area contributed by atoms with Gasteiger partial charge in [0.2, 0.25) is 0 Å². The lowest BCUT2D eigenvalue weighted by atomic mass is 9.81. The quantitative estimate of drug-likeness (QED) is 0.482. The lowest BCUT2D eigenvalue weighted by Crippen LogP contribution is -2.13. The average molecular weight is 182 g/mol. The maximum absolute atomic E-state index is 11.1. The van der Waals surface area contributed by atoms with E-state index in [0.29, 0.717) is 12.2 Å². The minimum Gasteiger partial charge on any atom is -0.463 e. The molecule has 1 aliphatic rings. The molecule has 0 aromatic heterocycles. The van der Waals surface area contributed by atoms with Gasteiger partial charge in [0.1, 0.15) is 0 Å². The highest BCUT2D eigenvalue weighted by atomic mass is 16.5. The summed E-state index contributed by atoms with van der Waals surface area (Å²) in [6.07, 6.45) is 5.93. The Hall–Kier alpha value is -0.790. The van der Waals surface area contributed by atoms with Crippen LogP contribution in [0, 0.1) is 5.92 Å². The molecule has 0 amide bonds. The molecule has 1 rings (SSSR count). The predicted octanol–water partition coefficient (Wildman–Crippen LogP) is 2.69. The van der Waals surface area contributed by atoms with Gasteiger partial charge in [-0.1, -0.05) is 25.8 Å². The zero-order valence-corrected chi connectivity index (χ0v) is 8.34. The maximum atomic E-state index is 11.1. The van der Waals surface area contributed by atoms with Gasteiger partial charge in [-0.2, -0.15) is 0 Å². The Morgan fingerprint density at radius 3 is 2.69 bits per heavy atom. The highest BCUT2D eigenvalue weighted by Crippen LogP contribution is 2.31. The Balaban J connectivity index is 2.12. The molecule has 0 atom stereocenters. The molecule has 2 nitrogen and oxygen atoms in total. The van der Waals surface area contributed by atoms with Crippen molar-refractivity contribution in [2.75, 3.05) is 6.61 Å². The van der Waals surface area contributed by atoms with Crippen LogP contribution < -0.4 is 0 Å². The molecule has 0 heterocycles. The fourth-order valence-electron chi connectivity index (χ4n) is 1.50. The molecule has 1 saturated carbocycles. The van der Waals surface area contributed by atoms with Crippen LogP contribution in [0.25, 0.3) is 0 Å². The predicted molar refractivity (Wildman–Crippen MR) is 52.3 cm³/mol. The van der Waals surface area contributed by atoms with E-state index in [-0.39, 0.29) is 5.97 Å². The fourth-order valence-corrected chi connectivity index (χ4v) is 1.50. The maximum Gasteiger partial charge on any atom is 0.333 e. The molecule has 0 saturated heterocycles. The summed E-state index contributed by atoms with van der Waals surface area (Å²) in [5.41, 5.74) is 0.633. The van der Waals surface area contributed by atoms with Gasteiger partial charge in [0.25, 0.3) is 0 Å². The van der Waals surface area contributed by atoms with Gasteiger partial charge in [0.05, 0.1) is 6.61 Å². The molecule has 2 heteroatoms. The van der Waals surface area contributed by atoms with E-state index in [1.165, 1.54) is 19.3 Å². The van der Waals surface area contributed by atoms with Gasteiger partial charge in [0.15, 0.2) is 0 Å². The Bertz CT molecular complexity index is 192. The molecular weight excluding hydrogens is 164 g/mol. The second-order valence-electron chi connectivity index (χ2n) is 3.66. The summed E-state index contributed by atoms with van der Waals surface area (Å²) in [4.78, 5) is 11.1. The third kappa shape index (κ3) is 3.21. The van der Waals surface area contributed by atoms with Crippen LogP contribution >= 0.6 is 0 Å². The van der Waals surface area contributed by atoms with E-state index in [4.69, 9.17) is 4.74 Å². The highest BCUT2D eigenvalue weighted by Gasteiger charge is 2.18. The highest BCUT2D eigenvalue weighted by molar-refractivity contribution is 5.87. The molecule has 0 unspecified atom stereocenters. The normalized spacial score (nSPS) is 16.4. The van der Waals surface area contributed by atoms with E-state index in [2.05, 4.69) is 6.58 Å². The summed E-state index contributed by atoms with van der Waals surface area (Å²) in [6, 6.07) is 0. The second-order valence-corrected chi connectivity index (χ2v) is 3.66. The van der Waals surface area contributed by atoms with Crippen molar-refractivity contribution in [1.29, 1.82) is 0 Å². The number of carbonyl (C=O) groups is 1. The lowest BCUT2D eigenvalue weighted by molar-refractivity contribution is -0.138. The molecule has 0 aromatic carbocycles. The third-order valence-electron chi connectivity index (χ3n) is 2.64. The lowest BCUT2D eigenvalue weighted by Gasteiger charge is -2.25. The van der Waals surface area contributed by atoms with Crippen LogP contribution in [0.2, 0.25) is 0 Å². The van der Waals surface area contributed by atoms with Gasteiger partial charge in [-0.15, -0.1) is 0 Å². The molecule has 1 fully saturated rings. The van der Waals surface area contributed by atoms with E-state index < -0.39 is 0 Å². The SMILES string of the molecule is C=C(CCC1CCC1)C(=O)OCC. The number of esters is 1. The van der Waals surface area contributed by atoms with Gasteiger partial charge in [-0.05, 0) is 25.7 Å². The molecule has 0 radical (unpaired) electrons. The zero-order chi connectivity index (χ0) is 9.68. The molecule has 0 spiro atoms. The van der Waals surface area contributed by atoms with Crippen molar-refractivity contribution in [3.63, 3.8) is 0 Å². The summed E-state index contributed by atoms with van der Waals surface area (Å²) in [7, 11) is 0. The summed E-state index contributed by atoms with van der Waals surface area (Å²) in [6.45, 7) is 5.99. The first-order chi connectivity index (χ1) is 6.24. The molecule has 74 valence electrons. The van der Waals surface area contributed by atoms with Crippen LogP contribution in [0.1, 0.15) is 39.0 Å². The second kappa shape index (κ2) is 5.05. The van der Waals surface area contributed by atoms with Crippen molar-refractivity contribution in [3.8, 4) is 0 Å². The smallest absolute Gasteiger partial charge is 0.333 e. The first-order valence-corrected chi connectivity index (χ1v) is 5.09. The van der Waals surface area contributed by atoms with Crippen LogP contribution in [0.4, 0.5) is 0 Å². The average Bonchev–Trinajstić information content (AvgIpc) is 2.01. The van der Waals surface area contributed by atoms with Crippen LogP contribution in [0.15, 0.2) is 12.2 Å². The van der Waals surface area contributed by atoms with E-state index >= 15 is 0 Å². The molecule has 1 aliphatic carbocycles. The van der Waals surface area contributed by atoms with Crippen molar-refractivity contribution in [3.05, 3.63) is 12.2 Å². The van der Waals surface area contributed by atoms with Gasteiger partial charge in [-0.3, -0.25) is 0 Å². The van der Waals surface area contributed by atoms with E-state index in [1.54, 1.807) is 0 Å². The molecule has 0 bridgehead atoms. The van der Waals surface area contributed by atoms with Crippen molar-refractivity contribution in [2.45, 2.75) is 39.0 Å². The molecule has 0 aliphatic heterocycles. The van der Waals surface area contributed by atoms with Crippen LogP contribution in [0.3, 0.4) is 0 Å². The number of carbonyl (C=O) groups excluding carboxylic acids is 1. The van der Waals surface area contributed by atoms with Crippen molar-refractivity contribution in [2.24, 2.45) is 5.92 Å². The first-order valence-electron chi connectivity index (χ1n) is 5.09. The van der Waals surface area contributed by atoms with Gasteiger partial charge in [0, 0.05) is 5.57 Å². The van der Waals surface area contributed by atoms with Crippen LogP contribution in [-0.4, -0.2) is 12.6 Å². The summed E-state index contributed by atoms with van der Waals surface area (Å²) < 4.78 is 4.85. The molecule has 0 aromatic rings. The van der Waals surface area contributed by atoms with Crippen LogP contribution in [0.5, 0.6) is 0 Å². The van der Waals surface area contributed by atoms with Gasteiger partial charge < -0.3 is 4.74 Å². The number of ether oxygens (including phenoxy) is 1. The Morgan fingerprint density at radius 1 is 1.54 bits per heavy atom. The first kappa shape index (κ1) is 10.3. The minimum atomic E-state index is -0.221. The Morgan fingerprint density at radius 2 is 2.23 bits per heavy atom. The zero-order valence-electron chi connectivity index (χ0n) is 8.34. The van der Waals surface area contributed by atoms with E-state index in [0.717, 1.165) is 18.8 Å². The number of hydrogen-bond acceptors (Lipinski definition) is 2. The molecular formula is C11H18O2. The van der Waals surface area contributed by atoms with Gasteiger partial charge in [-0.25, -0.2) is 4.79 Å². The van der Waals surface area contributed by atoms with Crippen molar-refractivity contribution < 1.29 is 9.53 Å². The fraction of sp³-hybridized carbons (Fsp3) is 0.727. The van der Waals surface area contributed by atoms with E-state index in [1.807, 2.05) is 6.92 Å². The minimum absolute atomic E-state index is 0.221. The van der Waals surface area contributed by atoms with Crippen molar-refractivity contribution in [1.82, 2.24) is 0 Å². The summed E-state index contributed by atoms with van der Waals surface area (Å²) in [5, 5.41) is 0. The number of rotatable bonds is 5. The summed E-state index contributed by atoms with van der Waals surface area (Å²) in [5.74, 6) is 0.619. The topological polar surface area (TPSA) is 26.3 Å². The monoisotopic (exact) mass is 182 g/mol. The summed E-state index contributed by atoms with van der Waals surface area (Å²) >= 11 is 0. The Kier molecular flexibility index (Phi) is 4.00. The molecule has 0 N–H and O–H groups in total. The largest absolute Gasteiger partial charge is 0.463 e. The molecule has 13 heavy (non-hydrogen) atoms.